The fourth-order valence-electron chi connectivity index (χ4n) is 11.8. The highest BCUT2D eigenvalue weighted by molar-refractivity contribution is 6.13. The Balaban J connectivity index is 0.887. The van der Waals surface area contributed by atoms with Gasteiger partial charge >= 0.3 is 0 Å². The van der Waals surface area contributed by atoms with E-state index in [1.807, 2.05) is 19.1 Å². The molecular formula is C49H55N3O12. The largest absolute Gasteiger partial charge is 0.508 e. The number of carbonyl (C=O) groups is 7. The molecule has 5 N–H and O–H groups in total. The minimum atomic E-state index is -1.53. The number of Topliss-reactive ketones (excluding diaryl/α,β-unsaturated/α-hetero) is 2. The number of hydrogen-bond acceptors (Lipinski definition) is 12. The SMILES string of the molecule is C[C@H](CC(=O)[C@H](C)NC(=O)CCN1C(=O)C=CC1=O)C(=O)Nc1cccc(Cc2ccc([C@@H]3O[C@@H]4C[C@H]5[C@@H]6CCC7=CC(=O)C=C[C@]7(C)[C@H]6[C@@H](O)C[C@]5(C)[C@]4(C(=O)CO)O3)cc2O)c1. The second-order valence-electron chi connectivity index (χ2n) is 18.9. The summed E-state index contributed by atoms with van der Waals surface area (Å²) in [4.78, 5) is 89.1. The number of aliphatic hydroxyl groups is 2. The lowest BCUT2D eigenvalue weighted by Crippen LogP contribution is -2.63. The number of phenols is 1. The maximum Gasteiger partial charge on any atom is 0.253 e. The number of rotatable bonds is 14. The Hall–Kier alpha value is -5.61. The van der Waals surface area contributed by atoms with Gasteiger partial charge in [-0.2, -0.15) is 0 Å². The summed E-state index contributed by atoms with van der Waals surface area (Å²) in [6, 6.07) is 11.2. The molecule has 0 radical (unpaired) electrons. The summed E-state index contributed by atoms with van der Waals surface area (Å²) in [6.45, 7) is 6.29. The highest BCUT2D eigenvalue weighted by atomic mass is 16.7. The van der Waals surface area contributed by atoms with E-state index < -0.39 is 82.9 Å². The molecule has 1 saturated heterocycles. The number of aromatic hydroxyl groups is 1. The van der Waals surface area contributed by atoms with Crippen LogP contribution in [0.2, 0.25) is 0 Å². The maximum atomic E-state index is 14.0. The number of phenolic OH excluding ortho intramolecular Hbond substituents is 1. The van der Waals surface area contributed by atoms with Crippen LogP contribution in [-0.4, -0.2) is 98.2 Å². The van der Waals surface area contributed by atoms with E-state index in [0.29, 0.717) is 36.1 Å². The van der Waals surface area contributed by atoms with E-state index in [1.54, 1.807) is 49.4 Å². The van der Waals surface area contributed by atoms with Crippen LogP contribution in [0.25, 0.3) is 0 Å². The maximum absolute atomic E-state index is 14.0. The number of imide groups is 1. The van der Waals surface area contributed by atoms with Gasteiger partial charge in [-0.25, -0.2) is 0 Å². The number of aliphatic hydroxyl groups excluding tert-OH is 2. The van der Waals surface area contributed by atoms with Crippen molar-refractivity contribution in [2.75, 3.05) is 18.5 Å². The Bertz CT molecular complexity index is 2390. The molecule has 11 atom stereocenters. The predicted molar refractivity (Wildman–Crippen MR) is 230 cm³/mol. The van der Waals surface area contributed by atoms with Crippen LogP contribution in [0.15, 0.2) is 78.4 Å². The molecule has 0 bridgehead atoms. The third-order valence-corrected chi connectivity index (χ3v) is 15.0. The number of allylic oxidation sites excluding steroid dienone is 4. The van der Waals surface area contributed by atoms with Gasteiger partial charge < -0.3 is 35.4 Å². The van der Waals surface area contributed by atoms with Crippen molar-refractivity contribution in [1.82, 2.24) is 10.2 Å². The second kappa shape index (κ2) is 17.1. The number of benzene rings is 2. The van der Waals surface area contributed by atoms with Crippen LogP contribution >= 0.6 is 0 Å². The molecule has 3 saturated carbocycles. The van der Waals surface area contributed by atoms with Crippen LogP contribution in [-0.2, 0) is 49.5 Å². The van der Waals surface area contributed by atoms with Crippen LogP contribution in [0.3, 0.4) is 0 Å². The minimum absolute atomic E-state index is 0.0193. The Morgan fingerprint density at radius 3 is 2.47 bits per heavy atom. The van der Waals surface area contributed by atoms with Crippen LogP contribution in [0.1, 0.15) is 89.2 Å². The van der Waals surface area contributed by atoms with Gasteiger partial charge in [-0.15, -0.1) is 0 Å². The zero-order chi connectivity index (χ0) is 45.9. The van der Waals surface area contributed by atoms with Crippen molar-refractivity contribution >= 4 is 46.7 Å². The van der Waals surface area contributed by atoms with Gasteiger partial charge in [0, 0.05) is 71.9 Å². The molecule has 2 heterocycles. The molecule has 4 amide bonds. The highest BCUT2D eigenvalue weighted by Gasteiger charge is 2.76. The van der Waals surface area contributed by atoms with Gasteiger partial charge in [-0.05, 0) is 85.9 Å². The molecule has 4 fully saturated rings. The number of amides is 4. The summed E-state index contributed by atoms with van der Waals surface area (Å²) in [5, 5.41) is 39.0. The topological polar surface area (TPSA) is 226 Å². The predicted octanol–water partition coefficient (Wildman–Crippen LogP) is 3.94. The van der Waals surface area contributed by atoms with Crippen molar-refractivity contribution in [2.24, 2.45) is 34.5 Å². The third kappa shape index (κ3) is 7.75. The quantitative estimate of drug-likeness (QED) is 0.170. The smallest absolute Gasteiger partial charge is 0.253 e. The molecular weight excluding hydrogens is 823 g/mol. The van der Waals surface area contributed by atoms with Gasteiger partial charge in [0.25, 0.3) is 11.8 Å². The Labute approximate surface area is 370 Å². The van der Waals surface area contributed by atoms with E-state index in [9.17, 15) is 48.9 Å². The molecule has 15 heteroatoms. The lowest BCUT2D eigenvalue weighted by atomic mass is 9.46. The number of carbonyl (C=O) groups excluding carboxylic acids is 7. The molecule has 0 spiro atoms. The third-order valence-electron chi connectivity index (χ3n) is 15.0. The lowest BCUT2D eigenvalue weighted by Gasteiger charge is -2.59. The number of nitrogens with one attached hydrogen (secondary N) is 2. The zero-order valence-electron chi connectivity index (χ0n) is 36.4. The van der Waals surface area contributed by atoms with Crippen LogP contribution in [0, 0.1) is 34.5 Å². The number of anilines is 1. The molecule has 64 heavy (non-hydrogen) atoms. The van der Waals surface area contributed by atoms with Crippen molar-refractivity contribution in [1.29, 1.82) is 0 Å². The molecule has 8 rings (SSSR count). The first-order valence-electron chi connectivity index (χ1n) is 22.1. The molecule has 0 unspecified atom stereocenters. The molecule has 2 aliphatic heterocycles. The lowest BCUT2D eigenvalue weighted by molar-refractivity contribution is -0.201. The summed E-state index contributed by atoms with van der Waals surface area (Å²) in [5.41, 5.74) is 0.436. The first-order chi connectivity index (χ1) is 30.4. The van der Waals surface area contributed by atoms with Gasteiger partial charge in [0.05, 0.1) is 18.2 Å². The number of ketones is 3. The van der Waals surface area contributed by atoms with E-state index in [4.69, 9.17) is 9.47 Å². The Morgan fingerprint density at radius 2 is 1.75 bits per heavy atom. The van der Waals surface area contributed by atoms with E-state index in [-0.39, 0.29) is 60.9 Å². The molecule has 15 nitrogen and oxygen atoms in total. The number of fused-ring (bicyclic) bond motifs is 7. The number of nitrogens with zero attached hydrogens (tertiary/aromatic N) is 1. The monoisotopic (exact) mass is 877 g/mol. The van der Waals surface area contributed by atoms with Gasteiger partial charge in [-0.3, -0.25) is 38.5 Å². The fourth-order valence-corrected chi connectivity index (χ4v) is 11.8. The molecule has 6 aliphatic rings. The van der Waals surface area contributed by atoms with Gasteiger partial charge in [0.2, 0.25) is 11.8 Å². The highest BCUT2D eigenvalue weighted by Crippen LogP contribution is 2.70. The first kappa shape index (κ1) is 45.0. The van der Waals surface area contributed by atoms with Gasteiger partial charge in [-0.1, -0.05) is 56.7 Å². The number of hydrogen-bond donors (Lipinski definition) is 5. The zero-order valence-corrected chi connectivity index (χ0v) is 36.4. The van der Waals surface area contributed by atoms with Crippen molar-refractivity contribution < 1.29 is 58.4 Å². The van der Waals surface area contributed by atoms with Crippen LogP contribution < -0.4 is 10.6 Å². The minimum Gasteiger partial charge on any atom is -0.508 e. The summed E-state index contributed by atoms with van der Waals surface area (Å²) in [7, 11) is 0. The van der Waals surface area contributed by atoms with Gasteiger partial charge in [0.15, 0.2) is 29.2 Å². The second-order valence-corrected chi connectivity index (χ2v) is 18.9. The van der Waals surface area contributed by atoms with Crippen LogP contribution in [0.4, 0.5) is 5.69 Å². The number of ether oxygens (including phenoxy) is 2. The summed E-state index contributed by atoms with van der Waals surface area (Å²) < 4.78 is 13.3. The molecule has 2 aromatic rings. The Kier molecular flexibility index (Phi) is 12.0. The average molecular weight is 878 g/mol. The fraction of sp³-hybridized carbons (Fsp3) is 0.490. The average Bonchev–Trinajstić information content (AvgIpc) is 3.88. The van der Waals surface area contributed by atoms with Crippen molar-refractivity contribution in [3.05, 3.63) is 95.1 Å². The van der Waals surface area contributed by atoms with E-state index in [2.05, 4.69) is 17.6 Å². The van der Waals surface area contributed by atoms with Crippen molar-refractivity contribution in [3.8, 4) is 5.75 Å². The first-order valence-corrected chi connectivity index (χ1v) is 22.1. The summed E-state index contributed by atoms with van der Waals surface area (Å²) >= 11 is 0. The molecule has 0 aromatic heterocycles. The van der Waals surface area contributed by atoms with Crippen LogP contribution in [0.5, 0.6) is 5.75 Å². The van der Waals surface area contributed by atoms with E-state index in [1.165, 1.54) is 13.0 Å². The van der Waals surface area contributed by atoms with Crippen molar-refractivity contribution in [2.45, 2.75) is 103 Å². The molecule has 338 valence electrons. The molecule has 2 aromatic carbocycles. The van der Waals surface area contributed by atoms with Crippen molar-refractivity contribution in [3.63, 3.8) is 0 Å². The van der Waals surface area contributed by atoms with Gasteiger partial charge in [0.1, 0.15) is 12.4 Å². The summed E-state index contributed by atoms with van der Waals surface area (Å²) in [5.74, 6) is -3.81. The van der Waals surface area contributed by atoms with E-state index >= 15 is 0 Å². The van der Waals surface area contributed by atoms with E-state index in [0.717, 1.165) is 34.6 Å². The Morgan fingerprint density at radius 1 is 1.00 bits per heavy atom. The molecule has 4 aliphatic carbocycles. The normalized spacial score (nSPS) is 32.2. The standard InChI is InChI=1S/C49H55N3O12/c1-26(18-36(55)27(2)50-41(59)15-17-52-42(60)12-13-43(52)61)45(62)51-32-7-5-6-28(20-32)19-29-8-9-30(21-37(29)56)46-63-40-23-35-34-11-10-31-22-33(54)14-16-47(31,3)44(34)38(57)24-48(35,4)49(40,64-46)39(58)25-53/h5-9,12-14,16,20-22,26-27,34-35,38,40,44,46,53,56-57H,10-11,15,17-19,23-25H2,1-4H3,(H,50,59)(H,51,62)/t26-,27+,34+,35+,38+,40-,44-,46-,47+,48+,49-/m1/s1. The summed E-state index contributed by atoms with van der Waals surface area (Å²) in [6.07, 6.45) is 7.10.